The Morgan fingerprint density at radius 3 is 2.88 bits per heavy atom. The molecule has 3 rings (SSSR count). The van der Waals surface area contributed by atoms with Crippen LogP contribution < -0.4 is 10.1 Å². The normalized spacial score (nSPS) is 15.3. The highest BCUT2D eigenvalue weighted by Crippen LogP contribution is 2.18. The molecule has 26 heavy (non-hydrogen) atoms. The van der Waals surface area contributed by atoms with Gasteiger partial charge in [-0.05, 0) is 12.1 Å². The zero-order valence-electron chi connectivity index (χ0n) is 15.2. The van der Waals surface area contributed by atoms with Crippen LogP contribution in [0.3, 0.4) is 0 Å². The number of urea groups is 1. The van der Waals surface area contributed by atoms with Crippen molar-refractivity contribution in [1.82, 2.24) is 25.3 Å². The van der Waals surface area contributed by atoms with Crippen molar-refractivity contribution in [2.45, 2.75) is 45.1 Å². The Balaban J connectivity index is 1.36. The number of hydrogen-bond donors (Lipinski definition) is 1. The lowest BCUT2D eigenvalue weighted by molar-refractivity contribution is 0.111. The molecule has 0 spiro atoms. The van der Waals surface area contributed by atoms with Gasteiger partial charge in [-0.15, -0.1) is 0 Å². The second-order valence-electron chi connectivity index (χ2n) is 6.68. The summed E-state index contributed by atoms with van der Waals surface area (Å²) in [5.74, 6) is 2.23. The van der Waals surface area contributed by atoms with Crippen molar-refractivity contribution in [3.8, 4) is 5.75 Å². The minimum Gasteiger partial charge on any atom is -0.489 e. The molecular formula is C18H25N5O3. The highest BCUT2D eigenvalue weighted by Gasteiger charge is 2.23. The number of likely N-dealkylation sites (tertiary alicyclic amines) is 1. The van der Waals surface area contributed by atoms with E-state index in [0.717, 1.165) is 18.6 Å². The Morgan fingerprint density at radius 1 is 1.42 bits per heavy atom. The molecule has 1 aliphatic heterocycles. The molecule has 1 fully saturated rings. The van der Waals surface area contributed by atoms with Gasteiger partial charge in [0, 0.05) is 51.0 Å². The van der Waals surface area contributed by atoms with Gasteiger partial charge >= 0.3 is 6.03 Å². The quantitative estimate of drug-likeness (QED) is 0.851. The van der Waals surface area contributed by atoms with E-state index in [1.54, 1.807) is 12.4 Å². The average molecular weight is 359 g/mol. The first-order chi connectivity index (χ1) is 12.6. The van der Waals surface area contributed by atoms with Gasteiger partial charge in [-0.1, -0.05) is 19.0 Å². The molecule has 140 valence electrons. The Morgan fingerprint density at radius 2 is 2.23 bits per heavy atom. The van der Waals surface area contributed by atoms with E-state index >= 15 is 0 Å². The largest absolute Gasteiger partial charge is 0.489 e. The molecule has 0 aliphatic carbocycles. The lowest BCUT2D eigenvalue weighted by Gasteiger charge is -2.32. The van der Waals surface area contributed by atoms with Crippen molar-refractivity contribution < 1.29 is 14.1 Å². The molecule has 0 saturated carbocycles. The van der Waals surface area contributed by atoms with E-state index in [1.807, 2.05) is 30.9 Å². The smallest absolute Gasteiger partial charge is 0.317 e. The number of rotatable bonds is 6. The zero-order chi connectivity index (χ0) is 18.4. The Bertz CT molecular complexity index is 696. The molecule has 2 aromatic rings. The summed E-state index contributed by atoms with van der Waals surface area (Å²) in [7, 11) is 0. The summed E-state index contributed by atoms with van der Waals surface area (Å²) in [5, 5.41) is 6.84. The Kier molecular flexibility index (Phi) is 6.04. The van der Waals surface area contributed by atoms with E-state index in [1.165, 1.54) is 0 Å². The molecule has 2 aromatic heterocycles. The van der Waals surface area contributed by atoms with Gasteiger partial charge in [0.15, 0.2) is 5.82 Å². The first-order valence-corrected chi connectivity index (χ1v) is 9.03. The molecule has 8 heteroatoms. The maximum Gasteiger partial charge on any atom is 0.317 e. The van der Waals surface area contributed by atoms with Crippen molar-refractivity contribution >= 4 is 6.03 Å². The van der Waals surface area contributed by atoms with E-state index in [4.69, 9.17) is 9.26 Å². The van der Waals surface area contributed by atoms with Crippen LogP contribution in [0.4, 0.5) is 4.79 Å². The minimum atomic E-state index is -0.0580. The molecule has 2 amide bonds. The number of pyridine rings is 1. The first-order valence-electron chi connectivity index (χ1n) is 9.03. The first kappa shape index (κ1) is 18.2. The molecular weight excluding hydrogens is 334 g/mol. The summed E-state index contributed by atoms with van der Waals surface area (Å²) >= 11 is 0. The van der Waals surface area contributed by atoms with Crippen LogP contribution in [0.5, 0.6) is 5.75 Å². The van der Waals surface area contributed by atoms with E-state index in [2.05, 4.69) is 20.4 Å². The molecule has 1 aliphatic rings. The van der Waals surface area contributed by atoms with Gasteiger partial charge in [0.2, 0.25) is 5.89 Å². The highest BCUT2D eigenvalue weighted by molar-refractivity contribution is 5.74. The van der Waals surface area contributed by atoms with Crippen LogP contribution in [0.2, 0.25) is 0 Å². The number of amides is 2. The van der Waals surface area contributed by atoms with Crippen molar-refractivity contribution in [1.29, 1.82) is 0 Å². The SMILES string of the molecule is CC(C)c1nc(CCNC(=O)N2CCC(Oc3cccnc3)CC2)no1. The van der Waals surface area contributed by atoms with Gasteiger partial charge in [0.25, 0.3) is 0 Å². The van der Waals surface area contributed by atoms with Crippen LogP contribution in [0.15, 0.2) is 29.0 Å². The second-order valence-corrected chi connectivity index (χ2v) is 6.68. The van der Waals surface area contributed by atoms with Crippen molar-refractivity contribution in [3.63, 3.8) is 0 Å². The Hall–Kier alpha value is -2.64. The maximum atomic E-state index is 12.3. The number of nitrogens with zero attached hydrogens (tertiary/aromatic N) is 4. The number of carbonyl (C=O) groups excluding carboxylic acids is 1. The van der Waals surface area contributed by atoms with Crippen LogP contribution in [0, 0.1) is 0 Å². The van der Waals surface area contributed by atoms with Crippen LogP contribution in [-0.2, 0) is 6.42 Å². The molecule has 0 radical (unpaired) electrons. The van der Waals surface area contributed by atoms with Crippen LogP contribution >= 0.6 is 0 Å². The number of ether oxygens (including phenoxy) is 1. The third kappa shape index (κ3) is 4.93. The molecule has 0 aromatic carbocycles. The predicted molar refractivity (Wildman–Crippen MR) is 94.9 cm³/mol. The van der Waals surface area contributed by atoms with Crippen LogP contribution in [0.25, 0.3) is 0 Å². The monoisotopic (exact) mass is 359 g/mol. The number of hydrogen-bond acceptors (Lipinski definition) is 6. The van der Waals surface area contributed by atoms with Gasteiger partial charge in [-0.3, -0.25) is 4.98 Å². The fraction of sp³-hybridized carbons (Fsp3) is 0.556. The minimum absolute atomic E-state index is 0.0580. The van der Waals surface area contributed by atoms with E-state index in [0.29, 0.717) is 37.8 Å². The van der Waals surface area contributed by atoms with E-state index in [-0.39, 0.29) is 18.1 Å². The average Bonchev–Trinajstić information content (AvgIpc) is 3.12. The summed E-state index contributed by atoms with van der Waals surface area (Å²) in [6.07, 6.45) is 5.73. The molecule has 1 saturated heterocycles. The van der Waals surface area contributed by atoms with Gasteiger partial charge in [-0.2, -0.15) is 4.98 Å². The van der Waals surface area contributed by atoms with Gasteiger partial charge in [-0.25, -0.2) is 4.79 Å². The Labute approximate surface area is 152 Å². The number of aromatic nitrogens is 3. The fourth-order valence-electron chi connectivity index (χ4n) is 2.78. The maximum absolute atomic E-state index is 12.3. The third-order valence-corrected chi connectivity index (χ3v) is 4.27. The summed E-state index contributed by atoms with van der Waals surface area (Å²) in [6, 6.07) is 3.69. The lowest BCUT2D eigenvalue weighted by Crippen LogP contribution is -2.46. The van der Waals surface area contributed by atoms with Gasteiger partial charge < -0.3 is 19.5 Å². The van der Waals surface area contributed by atoms with Crippen LogP contribution in [-0.4, -0.2) is 51.8 Å². The summed E-state index contributed by atoms with van der Waals surface area (Å²) in [4.78, 5) is 22.4. The summed E-state index contributed by atoms with van der Waals surface area (Å²) in [5.41, 5.74) is 0. The second kappa shape index (κ2) is 8.64. The number of piperidine rings is 1. The predicted octanol–water partition coefficient (Wildman–Crippen LogP) is 2.38. The topological polar surface area (TPSA) is 93.4 Å². The number of nitrogens with one attached hydrogen (secondary N) is 1. The lowest BCUT2D eigenvalue weighted by atomic mass is 10.1. The highest BCUT2D eigenvalue weighted by atomic mass is 16.5. The van der Waals surface area contributed by atoms with Crippen LogP contribution in [0.1, 0.15) is 44.3 Å². The van der Waals surface area contributed by atoms with Crippen molar-refractivity contribution in [3.05, 3.63) is 36.2 Å². The van der Waals surface area contributed by atoms with Gasteiger partial charge in [0.05, 0.1) is 6.20 Å². The molecule has 0 atom stereocenters. The standard InChI is InChI=1S/C18H25N5O3/c1-13(2)17-21-16(22-26-17)5-9-20-18(24)23-10-6-14(7-11-23)25-15-4-3-8-19-12-15/h3-4,8,12-14H,5-7,9-11H2,1-2H3,(H,20,24). The molecule has 0 unspecified atom stereocenters. The third-order valence-electron chi connectivity index (χ3n) is 4.27. The van der Waals surface area contributed by atoms with Gasteiger partial charge in [0.1, 0.15) is 11.9 Å². The summed E-state index contributed by atoms with van der Waals surface area (Å²) < 4.78 is 11.1. The fourth-order valence-corrected chi connectivity index (χ4v) is 2.78. The number of carbonyl (C=O) groups is 1. The van der Waals surface area contributed by atoms with E-state index < -0.39 is 0 Å². The zero-order valence-corrected chi connectivity index (χ0v) is 15.2. The van der Waals surface area contributed by atoms with Crippen molar-refractivity contribution in [2.75, 3.05) is 19.6 Å². The molecule has 8 nitrogen and oxygen atoms in total. The van der Waals surface area contributed by atoms with Crippen molar-refractivity contribution in [2.24, 2.45) is 0 Å². The molecule has 0 bridgehead atoms. The van der Waals surface area contributed by atoms with E-state index in [9.17, 15) is 4.79 Å². The molecule has 1 N–H and O–H groups in total. The molecule has 3 heterocycles. The summed E-state index contributed by atoms with van der Waals surface area (Å²) in [6.45, 7) is 5.84.